The minimum absolute atomic E-state index is 0.121. The average Bonchev–Trinajstić information content (AvgIpc) is 3.20. The third kappa shape index (κ3) is 3.32. The number of primary amides is 1. The van der Waals surface area contributed by atoms with Crippen LogP contribution >= 0.6 is 0 Å². The van der Waals surface area contributed by atoms with Crippen molar-refractivity contribution in [3.05, 3.63) is 53.6 Å². The second kappa shape index (κ2) is 6.72. The van der Waals surface area contributed by atoms with Crippen LogP contribution in [0, 0.1) is 18.8 Å². The lowest BCUT2D eigenvalue weighted by molar-refractivity contribution is -0.137. The molecule has 1 aliphatic heterocycles. The van der Waals surface area contributed by atoms with E-state index in [2.05, 4.69) is 21.8 Å². The highest BCUT2D eigenvalue weighted by atomic mass is 16.3. The Labute approximate surface area is 167 Å². The van der Waals surface area contributed by atoms with Gasteiger partial charge in [-0.3, -0.25) is 9.59 Å². The standard InChI is InChI=1S/C21H19N5O3/c1-13-11-26-12-16(18(22)27)24-17(19(26)23-13)15-5-3-4-14(10-15)6-7-21(29)8-9-25(2)20(21)28/h3-5,10-12,29H,8-9H2,1-2H3,(H2,22,27). The quantitative estimate of drug-likeness (QED) is 0.628. The highest BCUT2D eigenvalue weighted by Gasteiger charge is 2.42. The molecule has 3 heterocycles. The summed E-state index contributed by atoms with van der Waals surface area (Å²) in [6, 6.07) is 7.16. The van der Waals surface area contributed by atoms with E-state index in [1.165, 1.54) is 4.90 Å². The van der Waals surface area contributed by atoms with Crippen LogP contribution in [0.1, 0.15) is 28.2 Å². The predicted octanol–water partition coefficient (Wildman–Crippen LogP) is 0.748. The van der Waals surface area contributed by atoms with Gasteiger partial charge in [0.1, 0.15) is 11.4 Å². The molecule has 1 saturated heterocycles. The van der Waals surface area contributed by atoms with Crippen molar-refractivity contribution < 1.29 is 14.7 Å². The van der Waals surface area contributed by atoms with Gasteiger partial charge in [-0.05, 0) is 19.1 Å². The van der Waals surface area contributed by atoms with Gasteiger partial charge in [0, 0.05) is 43.5 Å². The number of imidazole rings is 1. The average molecular weight is 389 g/mol. The van der Waals surface area contributed by atoms with Crippen LogP contribution in [0.3, 0.4) is 0 Å². The summed E-state index contributed by atoms with van der Waals surface area (Å²) >= 11 is 0. The molecule has 8 nitrogen and oxygen atoms in total. The summed E-state index contributed by atoms with van der Waals surface area (Å²) in [4.78, 5) is 34.1. The molecule has 1 aliphatic rings. The molecule has 0 saturated carbocycles. The highest BCUT2D eigenvalue weighted by molar-refractivity contribution is 5.92. The minimum Gasteiger partial charge on any atom is -0.369 e. The van der Waals surface area contributed by atoms with Crippen LogP contribution in [-0.2, 0) is 4.79 Å². The number of carbonyl (C=O) groups excluding carboxylic acids is 2. The van der Waals surface area contributed by atoms with Crippen molar-refractivity contribution >= 4 is 17.5 Å². The monoisotopic (exact) mass is 389 g/mol. The Kier molecular flexibility index (Phi) is 4.32. The Morgan fingerprint density at radius 2 is 2.10 bits per heavy atom. The minimum atomic E-state index is -1.66. The number of aryl methyl sites for hydroxylation is 1. The first-order valence-corrected chi connectivity index (χ1v) is 9.04. The van der Waals surface area contributed by atoms with Gasteiger partial charge in [0.2, 0.25) is 5.60 Å². The van der Waals surface area contributed by atoms with Gasteiger partial charge in [0.25, 0.3) is 11.8 Å². The molecule has 2 amide bonds. The summed E-state index contributed by atoms with van der Waals surface area (Å²) in [5.74, 6) is 4.55. The second-order valence-corrected chi connectivity index (χ2v) is 7.12. The van der Waals surface area contributed by atoms with Gasteiger partial charge in [0.15, 0.2) is 5.65 Å². The van der Waals surface area contributed by atoms with Crippen molar-refractivity contribution in [1.82, 2.24) is 19.3 Å². The number of nitrogens with zero attached hydrogens (tertiary/aromatic N) is 4. The summed E-state index contributed by atoms with van der Waals surface area (Å²) in [6.45, 7) is 2.31. The van der Waals surface area contributed by atoms with Crippen molar-refractivity contribution in [2.24, 2.45) is 5.73 Å². The summed E-state index contributed by atoms with van der Waals surface area (Å²) in [5, 5.41) is 10.5. The van der Waals surface area contributed by atoms with Crippen LogP contribution < -0.4 is 5.73 Å². The SMILES string of the molecule is Cc1cn2cc(C(N)=O)nc(-c3cccc(C#CC4(O)CCN(C)C4=O)c3)c2n1. The maximum atomic E-state index is 12.1. The number of likely N-dealkylation sites (tertiary alicyclic amines) is 1. The molecule has 0 spiro atoms. The molecule has 146 valence electrons. The van der Waals surface area contributed by atoms with Gasteiger partial charge in [0.05, 0.1) is 5.69 Å². The Morgan fingerprint density at radius 3 is 2.79 bits per heavy atom. The molecule has 0 aliphatic carbocycles. The van der Waals surface area contributed by atoms with Crippen LogP contribution in [0.25, 0.3) is 16.9 Å². The molecular weight excluding hydrogens is 370 g/mol. The Hall–Kier alpha value is -3.70. The van der Waals surface area contributed by atoms with Crippen molar-refractivity contribution in [3.8, 4) is 23.1 Å². The van der Waals surface area contributed by atoms with Crippen LogP contribution in [-0.4, -0.2) is 55.4 Å². The van der Waals surface area contributed by atoms with Gasteiger partial charge in [-0.25, -0.2) is 9.97 Å². The Bertz CT molecular complexity index is 1220. The number of likely N-dealkylation sites (N-methyl/N-ethyl adjacent to an activating group) is 1. The van der Waals surface area contributed by atoms with Crippen molar-refractivity contribution in [2.75, 3.05) is 13.6 Å². The van der Waals surface area contributed by atoms with E-state index >= 15 is 0 Å². The van der Waals surface area contributed by atoms with E-state index in [1.807, 2.05) is 13.0 Å². The van der Waals surface area contributed by atoms with Crippen LogP contribution in [0.4, 0.5) is 0 Å². The zero-order valence-corrected chi connectivity index (χ0v) is 16.0. The van der Waals surface area contributed by atoms with Gasteiger partial charge in [-0.15, -0.1) is 0 Å². The summed E-state index contributed by atoms with van der Waals surface area (Å²) < 4.78 is 1.71. The Morgan fingerprint density at radius 1 is 1.31 bits per heavy atom. The summed E-state index contributed by atoms with van der Waals surface area (Å²) in [5.41, 5.74) is 7.03. The van der Waals surface area contributed by atoms with Gasteiger partial charge >= 0.3 is 0 Å². The third-order valence-electron chi connectivity index (χ3n) is 4.87. The zero-order chi connectivity index (χ0) is 20.8. The highest BCUT2D eigenvalue weighted by Crippen LogP contribution is 2.25. The third-order valence-corrected chi connectivity index (χ3v) is 4.87. The van der Waals surface area contributed by atoms with Gasteiger partial charge < -0.3 is 20.1 Å². The molecule has 1 atom stereocenters. The van der Waals surface area contributed by atoms with E-state index in [-0.39, 0.29) is 12.1 Å². The van der Waals surface area contributed by atoms with E-state index in [0.29, 0.717) is 29.0 Å². The number of rotatable bonds is 2. The molecule has 0 bridgehead atoms. The number of aliphatic hydroxyl groups is 1. The van der Waals surface area contributed by atoms with E-state index in [4.69, 9.17) is 5.73 Å². The first-order valence-electron chi connectivity index (χ1n) is 9.04. The number of fused-ring (bicyclic) bond motifs is 1. The summed E-state index contributed by atoms with van der Waals surface area (Å²) in [7, 11) is 1.64. The molecule has 0 radical (unpaired) electrons. The van der Waals surface area contributed by atoms with Crippen LogP contribution in [0.15, 0.2) is 36.7 Å². The normalized spacial score (nSPS) is 18.7. The molecule has 8 heteroatoms. The maximum Gasteiger partial charge on any atom is 0.268 e. The van der Waals surface area contributed by atoms with Crippen LogP contribution in [0.2, 0.25) is 0 Å². The predicted molar refractivity (Wildman–Crippen MR) is 106 cm³/mol. The number of benzene rings is 1. The van der Waals surface area contributed by atoms with Gasteiger partial charge in [-0.1, -0.05) is 24.0 Å². The lowest BCUT2D eigenvalue weighted by Crippen LogP contribution is -2.37. The van der Waals surface area contributed by atoms with Crippen molar-refractivity contribution in [2.45, 2.75) is 18.9 Å². The van der Waals surface area contributed by atoms with E-state index < -0.39 is 17.4 Å². The first-order chi connectivity index (χ1) is 13.8. The van der Waals surface area contributed by atoms with E-state index in [0.717, 1.165) is 5.69 Å². The molecule has 2 aromatic heterocycles. The smallest absolute Gasteiger partial charge is 0.268 e. The zero-order valence-electron chi connectivity index (χ0n) is 16.0. The van der Waals surface area contributed by atoms with Crippen molar-refractivity contribution in [1.29, 1.82) is 0 Å². The second-order valence-electron chi connectivity index (χ2n) is 7.12. The molecule has 4 rings (SSSR count). The molecule has 3 aromatic rings. The van der Waals surface area contributed by atoms with Crippen molar-refractivity contribution in [3.63, 3.8) is 0 Å². The number of aromatic nitrogens is 3. The topological polar surface area (TPSA) is 114 Å². The Balaban J connectivity index is 1.78. The number of amides is 2. The number of hydrogen-bond acceptors (Lipinski definition) is 5. The number of hydrogen-bond donors (Lipinski definition) is 2. The molecule has 29 heavy (non-hydrogen) atoms. The molecule has 1 fully saturated rings. The fraction of sp³-hybridized carbons (Fsp3) is 0.238. The lowest BCUT2D eigenvalue weighted by Gasteiger charge is -2.13. The molecule has 1 unspecified atom stereocenters. The number of carbonyl (C=O) groups is 2. The molecule has 3 N–H and O–H groups in total. The van der Waals surface area contributed by atoms with Gasteiger partial charge in [-0.2, -0.15) is 0 Å². The lowest BCUT2D eigenvalue weighted by atomic mass is 10.0. The number of nitrogens with two attached hydrogens (primary N) is 1. The maximum absolute atomic E-state index is 12.1. The first kappa shape index (κ1) is 18.7. The largest absolute Gasteiger partial charge is 0.369 e. The van der Waals surface area contributed by atoms with E-state index in [1.54, 1.807) is 42.0 Å². The fourth-order valence-electron chi connectivity index (χ4n) is 3.32. The molecular formula is C21H19N5O3. The fourth-order valence-corrected chi connectivity index (χ4v) is 3.32. The van der Waals surface area contributed by atoms with E-state index in [9.17, 15) is 14.7 Å². The van der Waals surface area contributed by atoms with Crippen LogP contribution in [0.5, 0.6) is 0 Å². The summed E-state index contributed by atoms with van der Waals surface area (Å²) in [6.07, 6.45) is 3.60. The molecule has 1 aromatic carbocycles.